The largest absolute Gasteiger partial charge is 0.349 e. The van der Waals surface area contributed by atoms with E-state index in [1.54, 1.807) is 13.8 Å². The molecule has 4 aliphatic carbocycles. The first-order chi connectivity index (χ1) is 11.3. The number of rotatable bonds is 4. The molecule has 1 N–H and O–H groups in total. The molecule has 1 heterocycles. The Morgan fingerprint density at radius 3 is 2.25 bits per heavy atom. The van der Waals surface area contributed by atoms with Gasteiger partial charge in [-0.3, -0.25) is 19.6 Å². The average Bonchev–Trinajstić information content (AvgIpc) is 2.70. The van der Waals surface area contributed by atoms with E-state index in [-0.39, 0.29) is 23.7 Å². The second-order valence-corrected chi connectivity index (χ2v) is 8.18. The number of aromatic nitrogens is 2. The smallest absolute Gasteiger partial charge is 0.312 e. The molecule has 0 spiro atoms. The Morgan fingerprint density at radius 2 is 1.79 bits per heavy atom. The zero-order chi connectivity index (χ0) is 17.1. The van der Waals surface area contributed by atoms with Crippen molar-refractivity contribution in [3.8, 4) is 0 Å². The third kappa shape index (κ3) is 2.50. The molecule has 5 rings (SSSR count). The van der Waals surface area contributed by atoms with Crippen molar-refractivity contribution < 1.29 is 9.72 Å². The summed E-state index contributed by atoms with van der Waals surface area (Å²) in [4.78, 5) is 23.3. The van der Waals surface area contributed by atoms with Crippen LogP contribution in [0.4, 0.5) is 5.69 Å². The highest BCUT2D eigenvalue weighted by Gasteiger charge is 2.51. The lowest BCUT2D eigenvalue weighted by Crippen LogP contribution is -2.60. The van der Waals surface area contributed by atoms with Gasteiger partial charge in [0.1, 0.15) is 17.9 Å². The second-order valence-electron chi connectivity index (χ2n) is 8.18. The van der Waals surface area contributed by atoms with Crippen molar-refractivity contribution in [3.05, 3.63) is 21.5 Å². The van der Waals surface area contributed by atoms with Crippen LogP contribution in [0, 0.1) is 41.7 Å². The summed E-state index contributed by atoms with van der Waals surface area (Å²) in [6.45, 7) is 3.32. The van der Waals surface area contributed by atoms with E-state index in [1.165, 1.54) is 23.9 Å². The number of nitrogens with one attached hydrogen (secondary N) is 1. The number of nitro groups is 1. The Kier molecular flexibility index (Phi) is 3.44. The van der Waals surface area contributed by atoms with Crippen LogP contribution in [-0.2, 0) is 11.3 Å². The van der Waals surface area contributed by atoms with Gasteiger partial charge in [-0.05, 0) is 70.1 Å². The van der Waals surface area contributed by atoms with Gasteiger partial charge in [0.05, 0.1) is 4.92 Å². The van der Waals surface area contributed by atoms with Crippen LogP contribution in [0.25, 0.3) is 0 Å². The summed E-state index contributed by atoms with van der Waals surface area (Å²) >= 11 is 0. The van der Waals surface area contributed by atoms with Crippen molar-refractivity contribution >= 4 is 11.6 Å². The summed E-state index contributed by atoms with van der Waals surface area (Å²) in [5, 5.41) is 18.6. The quantitative estimate of drug-likeness (QED) is 0.677. The van der Waals surface area contributed by atoms with E-state index >= 15 is 0 Å². The number of carbonyl (C=O) groups is 1. The molecule has 0 aliphatic heterocycles. The Balaban J connectivity index is 1.48. The van der Waals surface area contributed by atoms with Crippen LogP contribution < -0.4 is 5.32 Å². The van der Waals surface area contributed by atoms with Gasteiger partial charge in [-0.2, -0.15) is 5.10 Å². The molecule has 4 fully saturated rings. The van der Waals surface area contributed by atoms with Crippen molar-refractivity contribution in [1.82, 2.24) is 15.1 Å². The molecule has 0 unspecified atom stereocenters. The molecule has 7 heteroatoms. The van der Waals surface area contributed by atoms with Crippen molar-refractivity contribution in [2.75, 3.05) is 0 Å². The van der Waals surface area contributed by atoms with Crippen LogP contribution in [-0.4, -0.2) is 26.1 Å². The van der Waals surface area contributed by atoms with Crippen LogP contribution in [0.2, 0.25) is 0 Å². The lowest BCUT2D eigenvalue weighted by atomic mass is 9.53. The Labute approximate surface area is 140 Å². The molecule has 24 heavy (non-hydrogen) atoms. The van der Waals surface area contributed by atoms with Gasteiger partial charge in [-0.1, -0.05) is 0 Å². The molecular weight excluding hydrogens is 308 g/mol. The van der Waals surface area contributed by atoms with Crippen molar-refractivity contribution in [3.63, 3.8) is 0 Å². The summed E-state index contributed by atoms with van der Waals surface area (Å²) in [5.74, 6) is 2.24. The van der Waals surface area contributed by atoms with Gasteiger partial charge in [-0.25, -0.2) is 0 Å². The molecular formula is C17H24N4O3. The van der Waals surface area contributed by atoms with Crippen LogP contribution in [0.3, 0.4) is 0 Å². The minimum absolute atomic E-state index is 0.0117. The average molecular weight is 332 g/mol. The highest BCUT2D eigenvalue weighted by atomic mass is 16.6. The predicted octanol–water partition coefficient (Wildman–Crippen LogP) is 2.49. The number of nitrogens with zero attached hydrogens (tertiary/aromatic N) is 3. The first-order valence-corrected chi connectivity index (χ1v) is 8.84. The van der Waals surface area contributed by atoms with E-state index < -0.39 is 4.92 Å². The van der Waals surface area contributed by atoms with Gasteiger partial charge >= 0.3 is 5.69 Å². The molecule has 0 aromatic carbocycles. The van der Waals surface area contributed by atoms with Gasteiger partial charge in [0.2, 0.25) is 5.91 Å². The topological polar surface area (TPSA) is 90.1 Å². The van der Waals surface area contributed by atoms with E-state index in [0.29, 0.717) is 11.4 Å². The van der Waals surface area contributed by atoms with Gasteiger partial charge in [0.15, 0.2) is 0 Å². The minimum Gasteiger partial charge on any atom is -0.349 e. The second kappa shape index (κ2) is 5.29. The maximum absolute atomic E-state index is 12.6. The summed E-state index contributed by atoms with van der Waals surface area (Å²) in [6, 6.07) is 0. The van der Waals surface area contributed by atoms with Crippen molar-refractivity contribution in [2.24, 2.45) is 17.8 Å². The van der Waals surface area contributed by atoms with Crippen LogP contribution in [0.15, 0.2) is 0 Å². The zero-order valence-corrected chi connectivity index (χ0v) is 14.2. The predicted molar refractivity (Wildman–Crippen MR) is 87.4 cm³/mol. The lowest BCUT2D eigenvalue weighted by Gasteiger charge is -2.56. The monoisotopic (exact) mass is 332 g/mol. The van der Waals surface area contributed by atoms with Crippen molar-refractivity contribution in [1.29, 1.82) is 0 Å². The van der Waals surface area contributed by atoms with E-state index in [9.17, 15) is 14.9 Å². The molecule has 7 nitrogen and oxygen atoms in total. The van der Waals surface area contributed by atoms with E-state index in [1.807, 2.05) is 0 Å². The van der Waals surface area contributed by atoms with E-state index in [2.05, 4.69) is 10.4 Å². The van der Waals surface area contributed by atoms with Gasteiger partial charge in [-0.15, -0.1) is 0 Å². The Hall–Kier alpha value is -1.92. The first kappa shape index (κ1) is 15.6. The molecule has 4 bridgehead atoms. The Bertz CT molecular complexity index is 674. The molecule has 130 valence electrons. The number of hydrogen-bond donors (Lipinski definition) is 1. The highest BCUT2D eigenvalue weighted by molar-refractivity contribution is 5.77. The van der Waals surface area contributed by atoms with Gasteiger partial charge in [0, 0.05) is 5.54 Å². The zero-order valence-electron chi connectivity index (χ0n) is 14.2. The number of carbonyl (C=O) groups excluding carboxylic acids is 1. The summed E-state index contributed by atoms with van der Waals surface area (Å²) in [5.41, 5.74) is 0.782. The molecule has 1 aromatic heterocycles. The molecule has 0 radical (unpaired) electrons. The van der Waals surface area contributed by atoms with Gasteiger partial charge in [0.25, 0.3) is 0 Å². The number of aryl methyl sites for hydroxylation is 1. The third-order valence-electron chi connectivity index (χ3n) is 6.26. The molecule has 0 saturated heterocycles. The summed E-state index contributed by atoms with van der Waals surface area (Å²) in [6.07, 6.45) is 7.29. The maximum Gasteiger partial charge on any atom is 0.312 e. The fourth-order valence-electron chi connectivity index (χ4n) is 5.84. The van der Waals surface area contributed by atoms with Crippen LogP contribution in [0.1, 0.15) is 49.9 Å². The fourth-order valence-corrected chi connectivity index (χ4v) is 5.84. The minimum atomic E-state index is -0.425. The Morgan fingerprint density at radius 1 is 1.25 bits per heavy atom. The normalized spacial score (nSPS) is 33.7. The molecule has 4 saturated carbocycles. The molecule has 4 aliphatic rings. The maximum atomic E-state index is 12.6. The molecule has 0 atom stereocenters. The van der Waals surface area contributed by atoms with E-state index in [4.69, 9.17) is 0 Å². The van der Waals surface area contributed by atoms with Crippen molar-refractivity contribution in [2.45, 2.75) is 64.5 Å². The lowest BCUT2D eigenvalue weighted by molar-refractivity contribution is -0.386. The van der Waals surface area contributed by atoms with Crippen LogP contribution in [0.5, 0.6) is 0 Å². The molecule has 1 amide bonds. The third-order valence-corrected chi connectivity index (χ3v) is 6.26. The fraction of sp³-hybridized carbons (Fsp3) is 0.765. The van der Waals surface area contributed by atoms with Gasteiger partial charge < -0.3 is 5.32 Å². The SMILES string of the molecule is Cc1nn(CC(=O)NC23CC4CC(CC(C4)C2)C3)c(C)c1[N+](=O)[O-]. The summed E-state index contributed by atoms with van der Waals surface area (Å²) in [7, 11) is 0. The van der Waals surface area contributed by atoms with E-state index in [0.717, 1.165) is 37.0 Å². The number of hydrogen-bond acceptors (Lipinski definition) is 4. The molecule has 1 aromatic rings. The number of amides is 1. The first-order valence-electron chi connectivity index (χ1n) is 8.84. The summed E-state index contributed by atoms with van der Waals surface area (Å²) < 4.78 is 1.46. The van der Waals surface area contributed by atoms with Crippen LogP contribution >= 0.6 is 0 Å². The standard InChI is InChI=1S/C17H24N4O3/c1-10-16(21(23)24)11(2)20(19-10)9-15(22)18-17-6-12-3-13(7-17)5-14(4-12)8-17/h12-14H,3-9H2,1-2H3,(H,18,22). The highest BCUT2D eigenvalue weighted by Crippen LogP contribution is 2.55.